The second kappa shape index (κ2) is 3.32. The number of nitro groups is 1. The Kier molecular flexibility index (Phi) is 2.12. The van der Waals surface area contributed by atoms with Crippen LogP contribution in [0.2, 0.25) is 0 Å². The average molecular weight is 206 g/mol. The molecule has 2 N–H and O–H groups in total. The van der Waals surface area contributed by atoms with Crippen molar-refractivity contribution < 1.29 is 4.92 Å². The molecule has 0 saturated carbocycles. The van der Waals surface area contributed by atoms with Gasteiger partial charge in [-0.3, -0.25) is 4.40 Å². The summed E-state index contributed by atoms with van der Waals surface area (Å²) in [5, 5.41) is 10.7. The van der Waals surface area contributed by atoms with E-state index in [0.717, 1.165) is 5.56 Å². The summed E-state index contributed by atoms with van der Waals surface area (Å²) in [5.41, 5.74) is 7.02. The molecule has 0 aliphatic carbocycles. The molecule has 0 aromatic carbocycles. The monoisotopic (exact) mass is 206 g/mol. The number of pyridine rings is 1. The molecule has 2 rings (SSSR count). The minimum atomic E-state index is -0.500. The number of rotatable bonds is 2. The zero-order chi connectivity index (χ0) is 11.0. The molecule has 2 aromatic rings. The minimum absolute atomic E-state index is 0.141. The molecule has 0 bridgehead atoms. The Bertz CT molecular complexity index is 518. The van der Waals surface area contributed by atoms with Gasteiger partial charge in [-0.2, -0.15) is 0 Å². The Morgan fingerprint density at radius 2 is 2.40 bits per heavy atom. The van der Waals surface area contributed by atoms with E-state index in [1.165, 1.54) is 6.33 Å². The predicted molar refractivity (Wildman–Crippen MR) is 54.4 cm³/mol. The van der Waals surface area contributed by atoms with Gasteiger partial charge in [0.25, 0.3) is 0 Å². The Balaban J connectivity index is 2.66. The zero-order valence-electron chi connectivity index (χ0n) is 8.12. The molecular weight excluding hydrogens is 196 g/mol. The van der Waals surface area contributed by atoms with Gasteiger partial charge in [0.2, 0.25) is 6.33 Å². The number of hydrogen-bond acceptors (Lipinski definition) is 4. The van der Waals surface area contributed by atoms with E-state index in [-0.39, 0.29) is 11.9 Å². The van der Waals surface area contributed by atoms with E-state index < -0.39 is 4.92 Å². The van der Waals surface area contributed by atoms with Gasteiger partial charge in [-0.25, -0.2) is 0 Å². The zero-order valence-corrected chi connectivity index (χ0v) is 8.12. The summed E-state index contributed by atoms with van der Waals surface area (Å²) in [6.45, 7) is 1.83. The van der Waals surface area contributed by atoms with E-state index in [1.807, 2.05) is 13.0 Å². The van der Waals surface area contributed by atoms with Crippen molar-refractivity contribution >= 4 is 11.3 Å². The largest absolute Gasteiger partial charge is 0.389 e. The summed E-state index contributed by atoms with van der Waals surface area (Å²) in [6, 6.07) is 3.36. The summed E-state index contributed by atoms with van der Waals surface area (Å²) in [5.74, 6) is -0.141. The molecule has 6 nitrogen and oxygen atoms in total. The van der Waals surface area contributed by atoms with Gasteiger partial charge in [-0.05, 0) is 34.5 Å². The molecule has 0 amide bonds. The lowest BCUT2D eigenvalue weighted by Gasteiger charge is -2.04. The van der Waals surface area contributed by atoms with Crippen molar-refractivity contribution in [2.75, 3.05) is 0 Å². The van der Waals surface area contributed by atoms with E-state index in [4.69, 9.17) is 5.73 Å². The van der Waals surface area contributed by atoms with Crippen molar-refractivity contribution in [3.05, 3.63) is 40.3 Å². The molecule has 1 atom stereocenters. The standard InChI is InChI=1S/C9H10N4O2/c1-6(10)7-2-3-12-5-11-9(13(14)15)8(12)4-7/h2-6H,10H2,1H3. The average Bonchev–Trinajstić information content (AvgIpc) is 2.59. The first-order valence-corrected chi connectivity index (χ1v) is 4.46. The van der Waals surface area contributed by atoms with Gasteiger partial charge in [0, 0.05) is 12.2 Å². The van der Waals surface area contributed by atoms with Crippen molar-refractivity contribution in [2.45, 2.75) is 13.0 Å². The summed E-state index contributed by atoms with van der Waals surface area (Å²) in [7, 11) is 0. The summed E-state index contributed by atoms with van der Waals surface area (Å²) in [4.78, 5) is 13.9. The first kappa shape index (κ1) is 9.60. The summed E-state index contributed by atoms with van der Waals surface area (Å²) >= 11 is 0. The van der Waals surface area contributed by atoms with Gasteiger partial charge in [0.15, 0.2) is 0 Å². The highest BCUT2D eigenvalue weighted by molar-refractivity contribution is 5.62. The van der Waals surface area contributed by atoms with Crippen LogP contribution in [0.15, 0.2) is 24.7 Å². The maximum atomic E-state index is 10.7. The highest BCUT2D eigenvalue weighted by Crippen LogP contribution is 2.20. The molecular formula is C9H10N4O2. The normalized spacial score (nSPS) is 12.9. The van der Waals surface area contributed by atoms with E-state index in [9.17, 15) is 10.1 Å². The predicted octanol–water partition coefficient (Wildman–Crippen LogP) is 1.26. The fourth-order valence-corrected chi connectivity index (χ4v) is 1.41. The van der Waals surface area contributed by atoms with Crippen LogP contribution in [0.5, 0.6) is 0 Å². The second-order valence-corrected chi connectivity index (χ2v) is 3.37. The highest BCUT2D eigenvalue weighted by atomic mass is 16.6. The van der Waals surface area contributed by atoms with Crippen molar-refractivity contribution in [1.29, 1.82) is 0 Å². The lowest BCUT2D eigenvalue weighted by Crippen LogP contribution is -2.05. The molecule has 78 valence electrons. The Morgan fingerprint density at radius 3 is 3.00 bits per heavy atom. The van der Waals surface area contributed by atoms with E-state index in [2.05, 4.69) is 4.98 Å². The van der Waals surface area contributed by atoms with Crippen molar-refractivity contribution in [2.24, 2.45) is 5.73 Å². The van der Waals surface area contributed by atoms with Gasteiger partial charge in [0.1, 0.15) is 5.52 Å². The van der Waals surface area contributed by atoms with Crippen LogP contribution in [0.25, 0.3) is 5.52 Å². The SMILES string of the molecule is CC(N)c1ccn2cnc([N+](=O)[O-])c2c1. The highest BCUT2D eigenvalue weighted by Gasteiger charge is 2.16. The van der Waals surface area contributed by atoms with Crippen LogP contribution in [0.4, 0.5) is 5.82 Å². The number of aromatic nitrogens is 2. The third kappa shape index (κ3) is 1.55. The number of nitrogens with two attached hydrogens (primary N) is 1. The number of nitrogens with zero attached hydrogens (tertiary/aromatic N) is 3. The third-order valence-electron chi connectivity index (χ3n) is 2.24. The molecule has 0 saturated heterocycles. The topological polar surface area (TPSA) is 86.5 Å². The van der Waals surface area contributed by atoms with E-state index in [1.54, 1.807) is 16.7 Å². The van der Waals surface area contributed by atoms with E-state index >= 15 is 0 Å². The van der Waals surface area contributed by atoms with Gasteiger partial charge in [0.05, 0.1) is 0 Å². The van der Waals surface area contributed by atoms with Crippen LogP contribution in [0, 0.1) is 10.1 Å². The lowest BCUT2D eigenvalue weighted by atomic mass is 10.1. The third-order valence-corrected chi connectivity index (χ3v) is 2.24. The van der Waals surface area contributed by atoms with Crippen LogP contribution < -0.4 is 5.73 Å². The van der Waals surface area contributed by atoms with Crippen LogP contribution in [0.3, 0.4) is 0 Å². The van der Waals surface area contributed by atoms with Crippen molar-refractivity contribution in [3.63, 3.8) is 0 Å². The molecule has 15 heavy (non-hydrogen) atoms. The fourth-order valence-electron chi connectivity index (χ4n) is 1.41. The number of fused-ring (bicyclic) bond motifs is 1. The maximum absolute atomic E-state index is 10.7. The summed E-state index contributed by atoms with van der Waals surface area (Å²) < 4.78 is 1.60. The number of imidazole rings is 1. The molecule has 0 aliphatic heterocycles. The van der Waals surface area contributed by atoms with Gasteiger partial charge < -0.3 is 15.8 Å². The lowest BCUT2D eigenvalue weighted by molar-refractivity contribution is -0.387. The Morgan fingerprint density at radius 1 is 1.67 bits per heavy atom. The van der Waals surface area contributed by atoms with Crippen LogP contribution >= 0.6 is 0 Å². The Labute approximate surface area is 85.5 Å². The Hall–Kier alpha value is -1.95. The number of hydrogen-bond donors (Lipinski definition) is 1. The molecule has 0 radical (unpaired) electrons. The molecule has 2 heterocycles. The minimum Gasteiger partial charge on any atom is -0.358 e. The molecule has 0 fully saturated rings. The molecule has 6 heteroatoms. The van der Waals surface area contributed by atoms with E-state index in [0.29, 0.717) is 5.52 Å². The molecule has 0 aliphatic rings. The smallest absolute Gasteiger partial charge is 0.358 e. The maximum Gasteiger partial charge on any atom is 0.389 e. The van der Waals surface area contributed by atoms with Crippen LogP contribution in [-0.4, -0.2) is 14.3 Å². The van der Waals surface area contributed by atoms with Gasteiger partial charge in [-0.15, -0.1) is 0 Å². The van der Waals surface area contributed by atoms with Gasteiger partial charge >= 0.3 is 5.82 Å². The molecule has 1 unspecified atom stereocenters. The van der Waals surface area contributed by atoms with Crippen molar-refractivity contribution in [1.82, 2.24) is 9.38 Å². The molecule has 0 spiro atoms. The first-order valence-electron chi connectivity index (χ1n) is 4.46. The van der Waals surface area contributed by atoms with Crippen LogP contribution in [0.1, 0.15) is 18.5 Å². The second-order valence-electron chi connectivity index (χ2n) is 3.37. The van der Waals surface area contributed by atoms with Gasteiger partial charge in [-0.1, -0.05) is 0 Å². The first-order chi connectivity index (χ1) is 7.09. The summed E-state index contributed by atoms with van der Waals surface area (Å²) in [6.07, 6.45) is 3.13. The van der Waals surface area contributed by atoms with Crippen LogP contribution in [-0.2, 0) is 0 Å². The quantitative estimate of drug-likeness (QED) is 0.592. The fraction of sp³-hybridized carbons (Fsp3) is 0.222. The molecule has 2 aromatic heterocycles. The van der Waals surface area contributed by atoms with Crippen molar-refractivity contribution in [3.8, 4) is 0 Å².